The van der Waals surface area contributed by atoms with E-state index in [0.29, 0.717) is 24.5 Å². The molecule has 1 aromatic heterocycles. The summed E-state index contributed by atoms with van der Waals surface area (Å²) in [5.74, 6) is -0.0579. The van der Waals surface area contributed by atoms with Gasteiger partial charge in [0.1, 0.15) is 6.54 Å². The second-order valence-corrected chi connectivity index (χ2v) is 3.67. The van der Waals surface area contributed by atoms with E-state index in [1.165, 1.54) is 10.9 Å². The Morgan fingerprint density at radius 3 is 3.00 bits per heavy atom. The zero-order chi connectivity index (χ0) is 12.0. The number of halogens is 1. The van der Waals surface area contributed by atoms with E-state index >= 15 is 0 Å². The molecule has 0 saturated heterocycles. The van der Waals surface area contributed by atoms with Crippen molar-refractivity contribution in [3.8, 4) is 6.07 Å². The zero-order valence-electron chi connectivity index (χ0n) is 9.06. The van der Waals surface area contributed by atoms with Crippen LogP contribution in [0.1, 0.15) is 13.3 Å². The molecule has 1 aromatic rings. The minimum atomic E-state index is -0.0579. The third-order valence-electron chi connectivity index (χ3n) is 2.13. The molecule has 16 heavy (non-hydrogen) atoms. The number of amides is 1. The topological polar surface area (TPSA) is 61.9 Å². The van der Waals surface area contributed by atoms with Crippen LogP contribution in [0.25, 0.3) is 0 Å². The van der Waals surface area contributed by atoms with Gasteiger partial charge in [0.05, 0.1) is 23.7 Å². The maximum absolute atomic E-state index is 11.8. The number of nitrogens with zero attached hydrogens (tertiary/aromatic N) is 4. The Bertz CT molecular complexity index is 396. The van der Waals surface area contributed by atoms with Crippen LogP contribution >= 0.6 is 11.6 Å². The first kappa shape index (κ1) is 12.5. The third kappa shape index (κ3) is 3.55. The number of hydrogen-bond acceptors (Lipinski definition) is 3. The first-order valence-corrected chi connectivity index (χ1v) is 5.37. The lowest BCUT2D eigenvalue weighted by Crippen LogP contribution is -2.34. The fourth-order valence-electron chi connectivity index (χ4n) is 1.31. The van der Waals surface area contributed by atoms with Crippen LogP contribution in [0.15, 0.2) is 12.4 Å². The molecule has 6 heteroatoms. The lowest BCUT2D eigenvalue weighted by Gasteiger charge is -2.19. The first-order chi connectivity index (χ1) is 7.67. The second-order valence-electron chi connectivity index (χ2n) is 3.24. The molecule has 0 bridgehead atoms. The number of likely N-dealkylation sites (N-methyl/N-ethyl adjacent to an activating group) is 1. The minimum absolute atomic E-state index is 0.0579. The highest BCUT2D eigenvalue weighted by Gasteiger charge is 2.12. The fraction of sp³-hybridized carbons (Fsp3) is 0.500. The Hall–Kier alpha value is -1.54. The van der Waals surface area contributed by atoms with Gasteiger partial charge in [0, 0.05) is 19.3 Å². The highest BCUT2D eigenvalue weighted by Crippen LogP contribution is 2.05. The number of rotatable bonds is 5. The van der Waals surface area contributed by atoms with Gasteiger partial charge in [0.25, 0.3) is 0 Å². The van der Waals surface area contributed by atoms with Gasteiger partial charge in [0.2, 0.25) is 5.91 Å². The van der Waals surface area contributed by atoms with Crippen molar-refractivity contribution in [3.63, 3.8) is 0 Å². The Morgan fingerprint density at radius 2 is 2.50 bits per heavy atom. The highest BCUT2D eigenvalue weighted by atomic mass is 35.5. The maximum atomic E-state index is 11.8. The monoisotopic (exact) mass is 240 g/mol. The van der Waals surface area contributed by atoms with E-state index in [1.807, 2.05) is 13.0 Å². The van der Waals surface area contributed by atoms with Crippen molar-refractivity contribution in [2.24, 2.45) is 0 Å². The molecule has 0 spiro atoms. The van der Waals surface area contributed by atoms with Crippen LogP contribution < -0.4 is 0 Å². The van der Waals surface area contributed by atoms with Crippen molar-refractivity contribution in [2.45, 2.75) is 19.9 Å². The number of hydrogen-bond donors (Lipinski definition) is 0. The van der Waals surface area contributed by atoms with E-state index in [4.69, 9.17) is 16.9 Å². The van der Waals surface area contributed by atoms with E-state index in [9.17, 15) is 4.79 Å². The third-order valence-corrected chi connectivity index (χ3v) is 2.32. The van der Waals surface area contributed by atoms with Crippen LogP contribution in [-0.4, -0.2) is 33.7 Å². The summed E-state index contributed by atoms with van der Waals surface area (Å²) in [5.41, 5.74) is 0. The van der Waals surface area contributed by atoms with Crippen molar-refractivity contribution in [2.75, 3.05) is 13.1 Å². The van der Waals surface area contributed by atoms with E-state index < -0.39 is 0 Å². The summed E-state index contributed by atoms with van der Waals surface area (Å²) in [6.07, 6.45) is 3.43. The van der Waals surface area contributed by atoms with Crippen LogP contribution in [0.5, 0.6) is 0 Å². The van der Waals surface area contributed by atoms with Gasteiger partial charge in [-0.2, -0.15) is 10.4 Å². The summed E-state index contributed by atoms with van der Waals surface area (Å²) in [6.45, 7) is 3.09. The van der Waals surface area contributed by atoms with Crippen molar-refractivity contribution in [1.29, 1.82) is 5.26 Å². The van der Waals surface area contributed by atoms with Crippen LogP contribution in [0.4, 0.5) is 0 Å². The van der Waals surface area contributed by atoms with E-state index in [-0.39, 0.29) is 12.5 Å². The Balaban J connectivity index is 2.53. The lowest BCUT2D eigenvalue weighted by atomic mass is 10.4. The first-order valence-electron chi connectivity index (χ1n) is 5.00. The quantitative estimate of drug-likeness (QED) is 0.779. The normalized spacial score (nSPS) is 9.81. The zero-order valence-corrected chi connectivity index (χ0v) is 9.81. The maximum Gasteiger partial charge on any atom is 0.244 e. The van der Waals surface area contributed by atoms with Crippen molar-refractivity contribution in [1.82, 2.24) is 14.7 Å². The molecule has 0 atom stereocenters. The second kappa shape index (κ2) is 6.13. The molecule has 0 aromatic carbocycles. The molecule has 0 N–H and O–H groups in total. The average molecular weight is 241 g/mol. The molecule has 0 saturated carbocycles. The molecule has 0 fully saturated rings. The van der Waals surface area contributed by atoms with Crippen molar-refractivity contribution in [3.05, 3.63) is 17.4 Å². The van der Waals surface area contributed by atoms with Gasteiger partial charge >= 0.3 is 0 Å². The smallest absolute Gasteiger partial charge is 0.244 e. The average Bonchev–Trinajstić information content (AvgIpc) is 2.65. The molecule has 0 radical (unpaired) electrons. The predicted molar refractivity (Wildman–Crippen MR) is 59.7 cm³/mol. The number of nitriles is 1. The molecule has 5 nitrogen and oxygen atoms in total. The minimum Gasteiger partial charge on any atom is -0.340 e. The Morgan fingerprint density at radius 1 is 1.75 bits per heavy atom. The van der Waals surface area contributed by atoms with Crippen molar-refractivity contribution >= 4 is 17.5 Å². The van der Waals surface area contributed by atoms with Crippen LogP contribution in [-0.2, 0) is 11.3 Å². The van der Waals surface area contributed by atoms with Gasteiger partial charge in [-0.25, -0.2) is 0 Å². The molecule has 0 aliphatic carbocycles. The van der Waals surface area contributed by atoms with Crippen molar-refractivity contribution < 1.29 is 4.79 Å². The number of aromatic nitrogens is 2. The van der Waals surface area contributed by atoms with Crippen LogP contribution in [0.2, 0.25) is 5.02 Å². The predicted octanol–water partition coefficient (Wildman–Crippen LogP) is 1.30. The van der Waals surface area contributed by atoms with Gasteiger partial charge in [-0.05, 0) is 6.92 Å². The molecular formula is C10H13ClN4O. The molecule has 1 amide bonds. The SMILES string of the molecule is CCN(CCC#N)C(=O)Cn1cc(Cl)cn1. The molecule has 0 aliphatic rings. The molecule has 0 aliphatic heterocycles. The largest absolute Gasteiger partial charge is 0.340 e. The molecule has 86 valence electrons. The van der Waals surface area contributed by atoms with Gasteiger partial charge in [0.15, 0.2) is 0 Å². The molecule has 0 unspecified atom stereocenters. The Labute approximate surface area is 99.2 Å². The van der Waals surface area contributed by atoms with E-state index in [0.717, 1.165) is 0 Å². The van der Waals surface area contributed by atoms with Crippen LogP contribution in [0, 0.1) is 11.3 Å². The summed E-state index contributed by atoms with van der Waals surface area (Å²) in [6, 6.07) is 2.02. The lowest BCUT2D eigenvalue weighted by molar-refractivity contribution is -0.131. The van der Waals surface area contributed by atoms with E-state index in [1.54, 1.807) is 11.1 Å². The summed E-state index contributed by atoms with van der Waals surface area (Å²) in [5, 5.41) is 12.9. The molecule has 1 heterocycles. The number of carbonyl (C=O) groups is 1. The van der Waals surface area contributed by atoms with Gasteiger partial charge < -0.3 is 4.90 Å². The van der Waals surface area contributed by atoms with Gasteiger partial charge in [-0.1, -0.05) is 11.6 Å². The highest BCUT2D eigenvalue weighted by molar-refractivity contribution is 6.30. The van der Waals surface area contributed by atoms with Gasteiger partial charge in [-0.15, -0.1) is 0 Å². The fourth-order valence-corrected chi connectivity index (χ4v) is 1.46. The van der Waals surface area contributed by atoms with Gasteiger partial charge in [-0.3, -0.25) is 9.48 Å². The van der Waals surface area contributed by atoms with E-state index in [2.05, 4.69) is 5.10 Å². The summed E-state index contributed by atoms with van der Waals surface area (Å²) >= 11 is 5.69. The Kier molecular flexibility index (Phi) is 4.80. The molecule has 1 rings (SSSR count). The number of carbonyl (C=O) groups excluding carboxylic acids is 1. The summed E-state index contributed by atoms with van der Waals surface area (Å²) < 4.78 is 1.49. The summed E-state index contributed by atoms with van der Waals surface area (Å²) in [7, 11) is 0. The molecular weight excluding hydrogens is 228 g/mol. The standard InChI is InChI=1S/C10H13ClN4O/c1-2-14(5-3-4-12)10(16)8-15-7-9(11)6-13-15/h6-7H,2-3,5,8H2,1H3. The summed E-state index contributed by atoms with van der Waals surface area (Å²) in [4.78, 5) is 13.4. The van der Waals surface area contributed by atoms with Crippen LogP contribution in [0.3, 0.4) is 0 Å².